The minimum absolute atomic E-state index is 0.00206. The Hall–Kier alpha value is -3.60. The quantitative estimate of drug-likeness (QED) is 0.370. The van der Waals surface area contributed by atoms with E-state index in [9.17, 15) is 9.59 Å². The maximum absolute atomic E-state index is 13.4. The molecule has 0 spiro atoms. The van der Waals surface area contributed by atoms with E-state index in [2.05, 4.69) is 63.2 Å². The number of nitrogens with zero attached hydrogens (tertiary/aromatic N) is 2. The number of rotatable bonds is 7. The van der Waals surface area contributed by atoms with E-state index >= 15 is 0 Å². The van der Waals surface area contributed by atoms with Crippen molar-refractivity contribution in [2.24, 2.45) is 5.92 Å². The van der Waals surface area contributed by atoms with Gasteiger partial charge in [0.1, 0.15) is 5.75 Å². The highest BCUT2D eigenvalue weighted by atomic mass is 16.5. The van der Waals surface area contributed by atoms with Gasteiger partial charge < -0.3 is 14.5 Å². The fraction of sp³-hybridized carbons (Fsp3) is 0.394. The third-order valence-corrected chi connectivity index (χ3v) is 8.35. The van der Waals surface area contributed by atoms with E-state index in [0.29, 0.717) is 18.0 Å². The fourth-order valence-electron chi connectivity index (χ4n) is 5.46. The Morgan fingerprint density at radius 3 is 2.42 bits per heavy atom. The lowest BCUT2D eigenvalue weighted by atomic mass is 9.82. The Labute approximate surface area is 226 Å². The molecule has 198 valence electrons. The molecule has 2 aliphatic heterocycles. The molecule has 0 bridgehead atoms. The molecule has 0 N–H and O–H groups in total. The van der Waals surface area contributed by atoms with Crippen molar-refractivity contribution in [2.45, 2.75) is 58.4 Å². The lowest BCUT2D eigenvalue weighted by Gasteiger charge is -2.33. The van der Waals surface area contributed by atoms with Crippen molar-refractivity contribution in [1.82, 2.24) is 4.90 Å². The summed E-state index contributed by atoms with van der Waals surface area (Å²) in [6.07, 6.45) is 4.12. The van der Waals surface area contributed by atoms with Crippen LogP contribution in [0.15, 0.2) is 72.8 Å². The highest BCUT2D eigenvalue weighted by Crippen LogP contribution is 2.38. The monoisotopic (exact) mass is 510 g/mol. The summed E-state index contributed by atoms with van der Waals surface area (Å²) in [6, 6.07) is 24.5. The molecular weight excluding hydrogens is 472 g/mol. The summed E-state index contributed by atoms with van der Waals surface area (Å²) in [7, 11) is 0. The van der Waals surface area contributed by atoms with Crippen molar-refractivity contribution in [2.75, 3.05) is 24.6 Å². The predicted octanol–water partition coefficient (Wildman–Crippen LogP) is 6.39. The zero-order valence-electron chi connectivity index (χ0n) is 22.8. The second-order valence-corrected chi connectivity index (χ2v) is 11.3. The summed E-state index contributed by atoms with van der Waals surface area (Å²) in [4.78, 5) is 30.1. The normalized spacial score (nSPS) is 16.2. The van der Waals surface area contributed by atoms with Crippen molar-refractivity contribution in [3.8, 4) is 5.75 Å². The van der Waals surface area contributed by atoms with Gasteiger partial charge in [-0.2, -0.15) is 0 Å². The number of amides is 2. The van der Waals surface area contributed by atoms with Crippen molar-refractivity contribution in [1.29, 1.82) is 0 Å². The third-order valence-electron chi connectivity index (χ3n) is 8.35. The van der Waals surface area contributed by atoms with Gasteiger partial charge in [0.25, 0.3) is 11.8 Å². The highest BCUT2D eigenvalue weighted by molar-refractivity contribution is 5.98. The summed E-state index contributed by atoms with van der Waals surface area (Å²) < 4.78 is 5.74. The van der Waals surface area contributed by atoms with E-state index in [1.54, 1.807) is 4.90 Å². The van der Waals surface area contributed by atoms with Crippen LogP contribution < -0.4 is 9.64 Å². The van der Waals surface area contributed by atoms with Crippen LogP contribution in [0.4, 0.5) is 5.69 Å². The number of ether oxygens (including phenoxy) is 1. The van der Waals surface area contributed by atoms with Crippen molar-refractivity contribution < 1.29 is 14.3 Å². The molecule has 2 aliphatic rings. The van der Waals surface area contributed by atoms with Gasteiger partial charge in [0.15, 0.2) is 6.61 Å². The lowest BCUT2D eigenvalue weighted by Crippen LogP contribution is -2.39. The average Bonchev–Trinajstić information content (AvgIpc) is 2.95. The van der Waals surface area contributed by atoms with Crippen LogP contribution in [0.2, 0.25) is 0 Å². The molecule has 0 aromatic heterocycles. The molecule has 3 aromatic carbocycles. The molecule has 5 heteroatoms. The number of fused-ring (bicyclic) bond motifs is 1. The minimum atomic E-state index is -0.0684. The van der Waals surface area contributed by atoms with Gasteiger partial charge in [-0.15, -0.1) is 0 Å². The minimum Gasteiger partial charge on any atom is -0.482 e. The number of carbonyl (C=O) groups is 2. The topological polar surface area (TPSA) is 49.9 Å². The van der Waals surface area contributed by atoms with Gasteiger partial charge in [0.2, 0.25) is 0 Å². The van der Waals surface area contributed by atoms with Gasteiger partial charge >= 0.3 is 0 Å². The molecule has 3 aromatic rings. The first kappa shape index (κ1) is 26.0. The smallest absolute Gasteiger partial charge is 0.265 e. The molecule has 2 amide bonds. The van der Waals surface area contributed by atoms with E-state index in [0.717, 1.165) is 55.8 Å². The van der Waals surface area contributed by atoms with E-state index in [4.69, 9.17) is 4.74 Å². The van der Waals surface area contributed by atoms with Crippen LogP contribution in [-0.4, -0.2) is 36.4 Å². The largest absolute Gasteiger partial charge is 0.482 e. The number of likely N-dealkylation sites (tertiary alicyclic amines) is 1. The summed E-state index contributed by atoms with van der Waals surface area (Å²) >= 11 is 0. The first-order valence-electron chi connectivity index (χ1n) is 13.8. The molecule has 2 heterocycles. The molecule has 0 aliphatic carbocycles. The molecule has 0 unspecified atom stereocenters. The number of hydrogen-bond donors (Lipinski definition) is 0. The Morgan fingerprint density at radius 2 is 1.68 bits per heavy atom. The van der Waals surface area contributed by atoms with Gasteiger partial charge in [-0.05, 0) is 78.0 Å². The van der Waals surface area contributed by atoms with Crippen LogP contribution in [0.5, 0.6) is 5.75 Å². The SMILES string of the molecule is CCC(C)(C)c1ccc2c(c1)N(Cc1cccc(C(=O)N3CCC(Cc4ccccc4)CC3)c1)C(=O)CO2. The van der Waals surface area contributed by atoms with Crippen LogP contribution >= 0.6 is 0 Å². The summed E-state index contributed by atoms with van der Waals surface area (Å²) in [5, 5.41) is 0. The fourth-order valence-corrected chi connectivity index (χ4v) is 5.46. The maximum atomic E-state index is 13.4. The van der Waals surface area contributed by atoms with Crippen molar-refractivity contribution >= 4 is 17.5 Å². The van der Waals surface area contributed by atoms with E-state index in [1.165, 1.54) is 11.1 Å². The van der Waals surface area contributed by atoms with Gasteiger partial charge in [-0.25, -0.2) is 0 Å². The number of hydrogen-bond acceptors (Lipinski definition) is 3. The number of piperidine rings is 1. The zero-order chi connectivity index (χ0) is 26.7. The van der Waals surface area contributed by atoms with Gasteiger partial charge in [0, 0.05) is 18.7 Å². The zero-order valence-corrected chi connectivity index (χ0v) is 22.8. The second-order valence-electron chi connectivity index (χ2n) is 11.3. The maximum Gasteiger partial charge on any atom is 0.265 e. The van der Waals surface area contributed by atoms with E-state index in [-0.39, 0.29) is 23.8 Å². The van der Waals surface area contributed by atoms with Gasteiger partial charge in [-0.1, -0.05) is 69.3 Å². The number of benzene rings is 3. The molecule has 0 saturated carbocycles. The van der Waals surface area contributed by atoms with Crippen LogP contribution in [0.3, 0.4) is 0 Å². The van der Waals surface area contributed by atoms with Crippen LogP contribution in [-0.2, 0) is 23.2 Å². The Kier molecular flexibility index (Phi) is 7.55. The molecule has 1 fully saturated rings. The van der Waals surface area contributed by atoms with Crippen LogP contribution in [0.1, 0.15) is 67.1 Å². The summed E-state index contributed by atoms with van der Waals surface area (Å²) in [5.41, 5.74) is 4.98. The lowest BCUT2D eigenvalue weighted by molar-refractivity contribution is -0.121. The Balaban J connectivity index is 1.28. The van der Waals surface area contributed by atoms with Crippen molar-refractivity contribution in [3.05, 3.63) is 95.1 Å². The van der Waals surface area contributed by atoms with Gasteiger partial charge in [0.05, 0.1) is 12.2 Å². The van der Waals surface area contributed by atoms with Crippen molar-refractivity contribution in [3.63, 3.8) is 0 Å². The number of anilines is 1. The molecule has 38 heavy (non-hydrogen) atoms. The van der Waals surface area contributed by atoms with E-state index in [1.807, 2.05) is 35.2 Å². The predicted molar refractivity (Wildman–Crippen MR) is 152 cm³/mol. The first-order chi connectivity index (χ1) is 18.3. The van der Waals surface area contributed by atoms with Gasteiger partial charge in [-0.3, -0.25) is 9.59 Å². The van der Waals surface area contributed by atoms with E-state index < -0.39 is 0 Å². The molecule has 5 rings (SSSR count). The summed E-state index contributed by atoms with van der Waals surface area (Å²) in [6.45, 7) is 8.60. The molecule has 5 nitrogen and oxygen atoms in total. The molecule has 0 radical (unpaired) electrons. The third kappa shape index (κ3) is 5.62. The second kappa shape index (κ2) is 11.0. The van der Waals surface area contributed by atoms with Crippen LogP contribution in [0.25, 0.3) is 0 Å². The standard InChI is InChI=1S/C33H38N2O3/c1-4-33(2,3)28-13-14-30-29(21-28)35(31(36)23-38-30)22-26-11-8-12-27(20-26)32(37)34-17-15-25(16-18-34)19-24-9-6-5-7-10-24/h5-14,20-21,25H,4,15-19,22-23H2,1-3H3. The molecular formula is C33H38N2O3. The summed E-state index contributed by atoms with van der Waals surface area (Å²) in [5.74, 6) is 1.35. The average molecular weight is 511 g/mol. The first-order valence-corrected chi connectivity index (χ1v) is 13.8. The molecule has 1 saturated heterocycles. The molecule has 0 atom stereocenters. The van der Waals surface area contributed by atoms with Crippen LogP contribution in [0, 0.1) is 5.92 Å². The highest BCUT2D eigenvalue weighted by Gasteiger charge is 2.29. The Morgan fingerprint density at radius 1 is 0.947 bits per heavy atom. The number of carbonyl (C=O) groups excluding carboxylic acids is 2. The Bertz CT molecular complexity index is 1290.